The van der Waals surface area contributed by atoms with Crippen LogP contribution < -0.4 is 0 Å². The first-order valence-corrected chi connectivity index (χ1v) is 9.60. The molecule has 0 atom stereocenters. The minimum Gasteiger partial charge on any atom is -0.381 e. The van der Waals surface area contributed by atoms with E-state index in [4.69, 9.17) is 22.9 Å². The van der Waals surface area contributed by atoms with Crippen LogP contribution in [0.2, 0.25) is 0 Å². The largest absolute Gasteiger partial charge is 0.618 e. The lowest BCUT2D eigenvalue weighted by Gasteiger charge is -2.01. The van der Waals surface area contributed by atoms with E-state index in [2.05, 4.69) is 13.8 Å². The topological polar surface area (TPSA) is 9.23 Å². The number of hydrogen-bond donors (Lipinski definition) is 0. The molecule has 0 fully saturated rings. The molecular weight excluding hydrogens is 231 g/mol. The van der Waals surface area contributed by atoms with E-state index in [-0.39, 0.29) is 0 Å². The quantitative estimate of drug-likeness (QED) is 0.465. The van der Waals surface area contributed by atoms with E-state index in [0.717, 1.165) is 19.6 Å². The van der Waals surface area contributed by atoms with Gasteiger partial charge in [0.1, 0.15) is 0 Å². The van der Waals surface area contributed by atoms with Gasteiger partial charge in [-0.05, 0) is 12.8 Å². The second kappa shape index (κ2) is 19.8. The Morgan fingerprint density at radius 2 is 1.64 bits per heavy atom. The summed E-state index contributed by atoms with van der Waals surface area (Å²) < 4.78 is 5.40. The van der Waals surface area contributed by atoms with E-state index in [0.29, 0.717) is 0 Å². The summed E-state index contributed by atoms with van der Waals surface area (Å²) in [4.78, 5) is 0. The lowest BCUT2D eigenvalue weighted by atomic mass is 10.2. The molecule has 0 aliphatic rings. The zero-order valence-electron chi connectivity index (χ0n) is 9.24. The summed E-state index contributed by atoms with van der Waals surface area (Å²) in [7, 11) is 9.81. The number of unbranched alkanes of at least 4 members (excludes halogenated alkanes) is 4. The van der Waals surface area contributed by atoms with Gasteiger partial charge >= 0.3 is 18.2 Å². The van der Waals surface area contributed by atoms with Crippen LogP contribution in [0.15, 0.2) is 0 Å². The maximum atomic E-state index is 5.40. The molecule has 1 nitrogen and oxygen atoms in total. The summed E-state index contributed by atoms with van der Waals surface area (Å²) in [5.41, 5.74) is 0. The van der Waals surface area contributed by atoms with Gasteiger partial charge in [-0.1, -0.05) is 39.5 Å². The Morgan fingerprint density at radius 1 is 1.07 bits per heavy atom. The Bertz CT molecular complexity index is 76.5. The van der Waals surface area contributed by atoms with E-state index in [1.807, 2.05) is 0 Å². The smallest absolute Gasteiger partial charge is 0.381 e. The van der Waals surface area contributed by atoms with Crippen LogP contribution in [0.25, 0.3) is 0 Å². The molecule has 0 amide bonds. The van der Waals surface area contributed by atoms with Gasteiger partial charge < -0.3 is 22.9 Å². The predicted molar refractivity (Wildman–Crippen MR) is 67.0 cm³/mol. The van der Waals surface area contributed by atoms with E-state index >= 15 is 0 Å². The summed E-state index contributed by atoms with van der Waals surface area (Å²) in [5, 5.41) is 0. The highest BCUT2D eigenvalue weighted by Crippen LogP contribution is 1.99. The minimum absolute atomic E-state index is 0.639. The molecule has 0 aromatic carbocycles. The highest BCUT2D eigenvalue weighted by Gasteiger charge is 1.88. The van der Waals surface area contributed by atoms with Gasteiger partial charge in [0.15, 0.2) is 0 Å². The molecule has 0 aromatic rings. The highest BCUT2D eigenvalue weighted by molar-refractivity contribution is 7.22. The van der Waals surface area contributed by atoms with Gasteiger partial charge in [-0.3, -0.25) is 0 Å². The fourth-order valence-electron chi connectivity index (χ4n) is 0.906. The highest BCUT2D eigenvalue weighted by atomic mass is 35.6. The van der Waals surface area contributed by atoms with E-state index < -0.39 is 18.2 Å². The van der Waals surface area contributed by atoms with E-state index in [1.54, 1.807) is 0 Å². The van der Waals surface area contributed by atoms with Gasteiger partial charge in [0, 0.05) is 13.2 Å². The van der Waals surface area contributed by atoms with Crippen LogP contribution in [-0.2, 0) is 4.74 Å². The van der Waals surface area contributed by atoms with E-state index in [9.17, 15) is 0 Å². The van der Waals surface area contributed by atoms with Crippen molar-refractivity contribution in [3.8, 4) is 0 Å². The molecular formula is C10H21Cl2MgO. The van der Waals surface area contributed by atoms with Crippen LogP contribution >= 0.6 is 18.1 Å². The van der Waals surface area contributed by atoms with Gasteiger partial charge in [-0.15, -0.1) is 0 Å². The summed E-state index contributed by atoms with van der Waals surface area (Å²) in [6.45, 7) is 7.87. The maximum Gasteiger partial charge on any atom is 0.618 e. The number of ether oxygens (including phenoxy) is 1. The molecule has 0 aliphatic carbocycles. The van der Waals surface area contributed by atoms with Crippen molar-refractivity contribution in [2.45, 2.75) is 45.4 Å². The normalized spacial score (nSPS) is 8.86. The number of hydrogen-bond acceptors (Lipinski definition) is 1. The van der Waals surface area contributed by atoms with Crippen molar-refractivity contribution in [3.05, 3.63) is 6.92 Å². The molecule has 83 valence electrons. The number of rotatable bonds is 8. The molecule has 0 heterocycles. The van der Waals surface area contributed by atoms with Crippen LogP contribution in [0.1, 0.15) is 45.4 Å². The lowest BCUT2D eigenvalue weighted by Crippen LogP contribution is -1.96. The predicted octanol–water partition coefficient (Wildman–Crippen LogP) is 4.20. The summed E-state index contributed by atoms with van der Waals surface area (Å²) in [6.07, 6.45) is 7.23. The second-order valence-electron chi connectivity index (χ2n) is 2.98. The van der Waals surface area contributed by atoms with Crippen molar-refractivity contribution in [1.29, 1.82) is 0 Å². The molecule has 0 rings (SSSR count). The van der Waals surface area contributed by atoms with Crippen LogP contribution in [0.5, 0.6) is 0 Å². The summed E-state index contributed by atoms with van der Waals surface area (Å²) in [5.74, 6) is 0. The van der Waals surface area contributed by atoms with Crippen LogP contribution in [0.4, 0.5) is 0 Å². The Kier molecular flexibility index (Phi) is 25.0. The van der Waals surface area contributed by atoms with Crippen LogP contribution in [-0.4, -0.2) is 31.4 Å². The first-order valence-electron chi connectivity index (χ1n) is 5.32. The fraction of sp³-hybridized carbons (Fsp3) is 0.900. The lowest BCUT2D eigenvalue weighted by molar-refractivity contribution is 0.127. The Morgan fingerprint density at radius 3 is 2.14 bits per heavy atom. The SMILES string of the molecule is [CH2]CCCCCOCCCC.[Cl][Mg][Cl]. The molecule has 0 spiro atoms. The second-order valence-corrected chi connectivity index (χ2v) is 5.61. The standard InChI is InChI=1S/C10H21O.2ClH.Mg/c1-3-5-7-8-10-11-9-6-4-2;;;/h1,3-10H2,2H3;2*1H;/q;;;+2/p-2. The van der Waals surface area contributed by atoms with E-state index in [1.165, 1.54) is 32.1 Å². The molecule has 14 heavy (non-hydrogen) atoms. The Hall–Kier alpha value is 1.31. The third-order valence-electron chi connectivity index (χ3n) is 1.68. The first-order chi connectivity index (χ1) is 6.83. The van der Waals surface area contributed by atoms with Crippen LogP contribution in [0, 0.1) is 6.92 Å². The first kappa shape index (κ1) is 17.7. The van der Waals surface area contributed by atoms with Crippen LogP contribution in [0.3, 0.4) is 0 Å². The summed E-state index contributed by atoms with van der Waals surface area (Å²) >= 11 is -0.639. The molecule has 0 aliphatic heterocycles. The molecule has 4 heteroatoms. The van der Waals surface area contributed by atoms with Gasteiger partial charge in [0.05, 0.1) is 0 Å². The van der Waals surface area contributed by atoms with Crippen molar-refractivity contribution in [3.63, 3.8) is 0 Å². The average Bonchev–Trinajstić information content (AvgIpc) is 2.18. The van der Waals surface area contributed by atoms with Gasteiger partial charge in [-0.25, -0.2) is 0 Å². The zero-order chi connectivity index (χ0) is 11.1. The number of halogens is 2. The zero-order valence-corrected chi connectivity index (χ0v) is 12.2. The minimum atomic E-state index is -0.639. The molecule has 0 unspecified atom stereocenters. The van der Waals surface area contributed by atoms with Crippen molar-refractivity contribution in [2.24, 2.45) is 0 Å². The third kappa shape index (κ3) is 23.3. The van der Waals surface area contributed by atoms with Crippen molar-refractivity contribution < 1.29 is 4.74 Å². The molecule has 0 saturated heterocycles. The molecule has 0 saturated carbocycles. The maximum absolute atomic E-state index is 5.40. The Labute approximate surface area is 106 Å². The molecule has 1 radical (unpaired) electrons. The van der Waals surface area contributed by atoms with Gasteiger partial charge in [0.25, 0.3) is 0 Å². The fourth-order valence-corrected chi connectivity index (χ4v) is 0.906. The Balaban J connectivity index is 0. The summed E-state index contributed by atoms with van der Waals surface area (Å²) in [6, 6.07) is 0. The van der Waals surface area contributed by atoms with Crippen molar-refractivity contribution in [1.82, 2.24) is 0 Å². The van der Waals surface area contributed by atoms with Gasteiger partial charge in [0.2, 0.25) is 0 Å². The van der Waals surface area contributed by atoms with Gasteiger partial charge in [-0.2, -0.15) is 0 Å². The third-order valence-corrected chi connectivity index (χ3v) is 1.68. The van der Waals surface area contributed by atoms with Crippen molar-refractivity contribution >= 4 is 36.3 Å². The molecule has 0 aromatic heterocycles. The van der Waals surface area contributed by atoms with Crippen molar-refractivity contribution in [2.75, 3.05) is 13.2 Å². The molecule has 0 bridgehead atoms. The monoisotopic (exact) mass is 251 g/mol. The average molecular weight is 252 g/mol. The molecule has 0 N–H and O–H groups in total.